The van der Waals surface area contributed by atoms with Crippen molar-refractivity contribution >= 4 is 11.4 Å². The van der Waals surface area contributed by atoms with E-state index in [1.165, 1.54) is 5.57 Å². The lowest BCUT2D eigenvalue weighted by Crippen LogP contribution is -2.09. The average Bonchev–Trinajstić information content (AvgIpc) is 2.59. The van der Waals surface area contributed by atoms with Gasteiger partial charge in [0.2, 0.25) is 0 Å². The summed E-state index contributed by atoms with van der Waals surface area (Å²) in [5.41, 5.74) is 9.49. The summed E-state index contributed by atoms with van der Waals surface area (Å²) in [7, 11) is 0. The summed E-state index contributed by atoms with van der Waals surface area (Å²) in [5.74, 6) is 1.13. The van der Waals surface area contributed by atoms with E-state index in [1.807, 2.05) is 12.3 Å². The predicted octanol–water partition coefficient (Wildman–Crippen LogP) is 4.76. The summed E-state index contributed by atoms with van der Waals surface area (Å²) < 4.78 is 0. The Labute approximate surface area is 97.5 Å². The summed E-state index contributed by atoms with van der Waals surface area (Å²) in [6, 6.07) is 1.99. The number of aromatic amines is 1. The zero-order valence-electron chi connectivity index (χ0n) is 10.8. The quantitative estimate of drug-likeness (QED) is 0.688. The lowest BCUT2D eigenvalue weighted by Gasteiger charge is -2.24. The highest BCUT2D eigenvalue weighted by molar-refractivity contribution is 5.76. The number of hydrogen-bond donors (Lipinski definition) is 2. The number of aromatic nitrogens is 1. The SMILES string of the molecule is CC(C)/C=C(\c1cc[nH]c1N=N)C(C)(C)C. The maximum Gasteiger partial charge on any atom is 0.159 e. The maximum atomic E-state index is 7.15. The summed E-state index contributed by atoms with van der Waals surface area (Å²) >= 11 is 0. The van der Waals surface area contributed by atoms with E-state index >= 15 is 0 Å². The van der Waals surface area contributed by atoms with Gasteiger partial charge in [-0.15, -0.1) is 5.11 Å². The first-order valence-electron chi connectivity index (χ1n) is 5.63. The van der Waals surface area contributed by atoms with Gasteiger partial charge in [-0.05, 0) is 23.0 Å². The Morgan fingerprint density at radius 2 is 2.06 bits per heavy atom. The van der Waals surface area contributed by atoms with Crippen LogP contribution in [0.5, 0.6) is 0 Å². The second-order valence-electron chi connectivity index (χ2n) is 5.43. The summed E-state index contributed by atoms with van der Waals surface area (Å²) in [6.07, 6.45) is 4.08. The highest BCUT2D eigenvalue weighted by Crippen LogP contribution is 2.38. The van der Waals surface area contributed by atoms with Crippen LogP contribution in [-0.4, -0.2) is 4.98 Å². The molecule has 0 fully saturated rings. The monoisotopic (exact) mass is 219 g/mol. The minimum atomic E-state index is 0.0614. The normalized spacial score (nSPS) is 13.2. The van der Waals surface area contributed by atoms with Crippen molar-refractivity contribution in [1.82, 2.24) is 4.98 Å². The highest BCUT2D eigenvalue weighted by Gasteiger charge is 2.22. The number of rotatable bonds is 3. The van der Waals surface area contributed by atoms with Gasteiger partial charge in [0.15, 0.2) is 5.82 Å². The standard InChI is InChI=1S/C13H21N3/c1-9(2)8-11(13(3,4)5)10-6-7-15-12(10)16-14/h6-9,14-15H,1-5H3/b11-8+,16-14?. The van der Waals surface area contributed by atoms with Crippen molar-refractivity contribution in [1.29, 1.82) is 5.53 Å². The first-order valence-corrected chi connectivity index (χ1v) is 5.63. The van der Waals surface area contributed by atoms with Crippen molar-refractivity contribution in [3.63, 3.8) is 0 Å². The Hall–Kier alpha value is -1.38. The minimum absolute atomic E-state index is 0.0614. The molecule has 0 aliphatic rings. The number of nitrogens with zero attached hydrogens (tertiary/aromatic N) is 1. The highest BCUT2D eigenvalue weighted by atomic mass is 15.0. The van der Waals surface area contributed by atoms with E-state index in [1.54, 1.807) is 0 Å². The van der Waals surface area contributed by atoms with Gasteiger partial charge < -0.3 is 4.98 Å². The molecule has 0 bridgehead atoms. The van der Waals surface area contributed by atoms with Crippen LogP contribution in [0, 0.1) is 16.9 Å². The fourth-order valence-corrected chi connectivity index (χ4v) is 1.75. The van der Waals surface area contributed by atoms with Crippen LogP contribution in [0.1, 0.15) is 40.2 Å². The van der Waals surface area contributed by atoms with Crippen molar-refractivity contribution in [3.05, 3.63) is 23.9 Å². The number of H-pyrrole nitrogens is 1. The lowest BCUT2D eigenvalue weighted by atomic mass is 9.81. The topological polar surface area (TPSA) is 52.0 Å². The third-order valence-corrected chi connectivity index (χ3v) is 2.44. The lowest BCUT2D eigenvalue weighted by molar-refractivity contribution is 0.562. The molecule has 0 amide bonds. The van der Waals surface area contributed by atoms with E-state index in [9.17, 15) is 0 Å². The van der Waals surface area contributed by atoms with E-state index in [0.717, 1.165) is 5.56 Å². The van der Waals surface area contributed by atoms with Crippen molar-refractivity contribution in [2.75, 3.05) is 0 Å². The first kappa shape index (κ1) is 12.7. The third kappa shape index (κ3) is 2.81. The molecule has 0 aliphatic carbocycles. The van der Waals surface area contributed by atoms with Gasteiger partial charge in [0.05, 0.1) is 0 Å². The molecular weight excluding hydrogens is 198 g/mol. The molecule has 0 spiro atoms. The van der Waals surface area contributed by atoms with Gasteiger partial charge in [-0.25, -0.2) is 5.53 Å². The molecule has 0 aromatic carbocycles. The molecule has 88 valence electrons. The van der Waals surface area contributed by atoms with Crippen LogP contribution < -0.4 is 0 Å². The molecular formula is C13H21N3. The van der Waals surface area contributed by atoms with Gasteiger partial charge in [-0.3, -0.25) is 0 Å². The van der Waals surface area contributed by atoms with Gasteiger partial charge >= 0.3 is 0 Å². The molecule has 0 unspecified atom stereocenters. The van der Waals surface area contributed by atoms with Crippen LogP contribution in [0.3, 0.4) is 0 Å². The van der Waals surface area contributed by atoms with Crippen LogP contribution >= 0.6 is 0 Å². The van der Waals surface area contributed by atoms with Crippen LogP contribution in [0.2, 0.25) is 0 Å². The third-order valence-electron chi connectivity index (χ3n) is 2.44. The van der Waals surface area contributed by atoms with Gasteiger partial charge in [0.25, 0.3) is 0 Å². The smallest absolute Gasteiger partial charge is 0.159 e. The maximum absolute atomic E-state index is 7.15. The minimum Gasteiger partial charge on any atom is -0.345 e. The van der Waals surface area contributed by atoms with Crippen molar-refractivity contribution in [2.45, 2.75) is 34.6 Å². The number of allylic oxidation sites excluding steroid dienone is 2. The molecule has 0 radical (unpaired) electrons. The molecule has 3 nitrogen and oxygen atoms in total. The number of nitrogens with one attached hydrogen (secondary N) is 2. The van der Waals surface area contributed by atoms with E-state index < -0.39 is 0 Å². The molecule has 1 aromatic heterocycles. The Kier molecular flexibility index (Phi) is 3.68. The molecule has 1 heterocycles. The van der Waals surface area contributed by atoms with Gasteiger partial charge in [-0.1, -0.05) is 40.7 Å². The van der Waals surface area contributed by atoms with Crippen LogP contribution in [0.25, 0.3) is 5.57 Å². The fraction of sp³-hybridized carbons (Fsp3) is 0.538. The fourth-order valence-electron chi connectivity index (χ4n) is 1.75. The van der Waals surface area contributed by atoms with Gasteiger partial charge in [0.1, 0.15) is 0 Å². The Bertz CT molecular complexity index is 392. The molecule has 0 saturated heterocycles. The molecule has 1 rings (SSSR count). The Morgan fingerprint density at radius 1 is 1.44 bits per heavy atom. The van der Waals surface area contributed by atoms with E-state index in [2.05, 4.69) is 50.8 Å². The average molecular weight is 219 g/mol. The molecule has 16 heavy (non-hydrogen) atoms. The summed E-state index contributed by atoms with van der Waals surface area (Å²) in [6.45, 7) is 10.9. The molecule has 0 atom stereocenters. The molecule has 2 N–H and O–H groups in total. The molecule has 1 aromatic rings. The zero-order valence-corrected chi connectivity index (χ0v) is 10.8. The van der Waals surface area contributed by atoms with Gasteiger partial charge in [0, 0.05) is 11.8 Å². The second-order valence-corrected chi connectivity index (χ2v) is 5.43. The summed E-state index contributed by atoms with van der Waals surface area (Å²) in [5, 5.41) is 3.53. The van der Waals surface area contributed by atoms with E-state index in [-0.39, 0.29) is 5.41 Å². The molecule has 0 aliphatic heterocycles. The zero-order chi connectivity index (χ0) is 12.3. The Morgan fingerprint density at radius 3 is 2.50 bits per heavy atom. The van der Waals surface area contributed by atoms with Crippen LogP contribution in [0.4, 0.5) is 5.82 Å². The molecule has 0 saturated carbocycles. The largest absolute Gasteiger partial charge is 0.345 e. The van der Waals surface area contributed by atoms with Crippen molar-refractivity contribution in [3.8, 4) is 0 Å². The number of hydrogen-bond acceptors (Lipinski definition) is 2. The van der Waals surface area contributed by atoms with Crippen molar-refractivity contribution in [2.24, 2.45) is 16.4 Å². The predicted molar refractivity (Wildman–Crippen MR) is 67.9 cm³/mol. The van der Waals surface area contributed by atoms with Crippen molar-refractivity contribution < 1.29 is 0 Å². The van der Waals surface area contributed by atoms with E-state index in [4.69, 9.17) is 5.53 Å². The van der Waals surface area contributed by atoms with E-state index in [0.29, 0.717) is 11.7 Å². The van der Waals surface area contributed by atoms with Crippen LogP contribution in [0.15, 0.2) is 23.5 Å². The Balaban J connectivity index is 3.28. The molecule has 3 heteroatoms. The second kappa shape index (κ2) is 4.64. The summed E-state index contributed by atoms with van der Waals surface area (Å²) in [4.78, 5) is 2.99. The first-order chi connectivity index (χ1) is 7.36. The van der Waals surface area contributed by atoms with Crippen LogP contribution in [-0.2, 0) is 0 Å². The van der Waals surface area contributed by atoms with Gasteiger partial charge in [-0.2, -0.15) is 0 Å².